The van der Waals surface area contributed by atoms with Gasteiger partial charge >= 0.3 is 0 Å². The van der Waals surface area contributed by atoms with Gasteiger partial charge in [-0.25, -0.2) is 0 Å². The molecule has 1 aliphatic carbocycles. The summed E-state index contributed by atoms with van der Waals surface area (Å²) in [7, 11) is 1.85. The van der Waals surface area contributed by atoms with Crippen LogP contribution in [-0.2, 0) is 4.79 Å². The number of amides is 1. The van der Waals surface area contributed by atoms with Crippen LogP contribution in [0.1, 0.15) is 60.3 Å². The SMILES string of the molecule is CCC1C=CC(=CC(=NC)C2=CC(=O)N3C=C(N4CCNC(C)C4)C=CC3=CCC2C)C(CC)CC=C1C. The molecule has 204 valence electrons. The van der Waals surface area contributed by atoms with E-state index < -0.39 is 0 Å². The van der Waals surface area contributed by atoms with Gasteiger partial charge < -0.3 is 10.2 Å². The minimum atomic E-state index is -0.00719. The molecule has 5 nitrogen and oxygen atoms in total. The molecule has 0 aromatic rings. The van der Waals surface area contributed by atoms with Crippen LogP contribution < -0.4 is 5.32 Å². The summed E-state index contributed by atoms with van der Waals surface area (Å²) in [6.45, 7) is 14.0. The Kier molecular flexibility index (Phi) is 9.43. The molecule has 0 saturated carbocycles. The standard InChI is InChI=1S/C33H46N4O/c1-7-26-12-13-28(27(8-2)11-9-23(26)3)19-32(34-6)31-20-33(38)37-22-30(36-18-17-35-25(5)21-36)16-15-29(37)14-10-24(31)4/h9,12-16,19-20,22,24-27,35H,7-8,10-11,17-18,21H2,1-6H3. The number of piperazine rings is 1. The van der Waals surface area contributed by atoms with Crippen molar-refractivity contribution in [3.8, 4) is 0 Å². The second-order valence-corrected chi connectivity index (χ2v) is 11.2. The number of nitrogens with zero attached hydrogens (tertiary/aromatic N) is 3. The van der Waals surface area contributed by atoms with Crippen molar-refractivity contribution in [1.82, 2.24) is 15.1 Å². The first-order chi connectivity index (χ1) is 18.3. The molecule has 1 saturated heterocycles. The summed E-state index contributed by atoms with van der Waals surface area (Å²) in [4.78, 5) is 22.6. The van der Waals surface area contributed by atoms with Gasteiger partial charge in [0.2, 0.25) is 0 Å². The van der Waals surface area contributed by atoms with Gasteiger partial charge in [-0.1, -0.05) is 50.6 Å². The minimum Gasteiger partial charge on any atom is -0.368 e. The van der Waals surface area contributed by atoms with Crippen LogP contribution >= 0.6 is 0 Å². The first-order valence-corrected chi connectivity index (χ1v) is 14.5. The molecule has 5 heteroatoms. The molecule has 0 aromatic heterocycles. The lowest BCUT2D eigenvalue weighted by Gasteiger charge is -2.36. The van der Waals surface area contributed by atoms with E-state index >= 15 is 0 Å². The Bertz CT molecular complexity index is 1150. The third kappa shape index (κ3) is 6.37. The predicted molar refractivity (Wildman–Crippen MR) is 160 cm³/mol. The van der Waals surface area contributed by atoms with Gasteiger partial charge in [0.05, 0.1) is 11.4 Å². The molecule has 0 aromatic carbocycles. The van der Waals surface area contributed by atoms with Crippen LogP contribution in [-0.4, -0.2) is 54.1 Å². The van der Waals surface area contributed by atoms with Gasteiger partial charge in [0.1, 0.15) is 0 Å². The van der Waals surface area contributed by atoms with Crippen molar-refractivity contribution in [3.63, 3.8) is 0 Å². The number of carbonyl (C=O) groups excluding carboxylic acids is 1. The van der Waals surface area contributed by atoms with Crippen molar-refractivity contribution in [2.45, 2.75) is 66.3 Å². The fourth-order valence-electron chi connectivity index (χ4n) is 5.90. The number of hydrogen-bond acceptors (Lipinski definition) is 4. The van der Waals surface area contributed by atoms with Crippen LogP contribution in [0.3, 0.4) is 0 Å². The van der Waals surface area contributed by atoms with Crippen molar-refractivity contribution in [2.24, 2.45) is 22.7 Å². The van der Waals surface area contributed by atoms with Gasteiger partial charge in [-0.05, 0) is 86.7 Å². The van der Waals surface area contributed by atoms with E-state index in [2.05, 4.69) is 87.4 Å². The Morgan fingerprint density at radius 3 is 2.61 bits per heavy atom. The maximum Gasteiger partial charge on any atom is 0.255 e. The van der Waals surface area contributed by atoms with Crippen molar-refractivity contribution in [3.05, 3.63) is 82.9 Å². The number of hydrogen-bond donors (Lipinski definition) is 1. The van der Waals surface area contributed by atoms with E-state index in [1.807, 2.05) is 24.2 Å². The first kappa shape index (κ1) is 28.1. The number of allylic oxidation sites excluding steroid dienone is 10. The molecule has 1 fully saturated rings. The van der Waals surface area contributed by atoms with E-state index in [-0.39, 0.29) is 11.8 Å². The normalized spacial score (nSPS) is 30.0. The van der Waals surface area contributed by atoms with Gasteiger partial charge in [0.25, 0.3) is 5.91 Å². The number of rotatable bonds is 5. The number of fused-ring (bicyclic) bond motifs is 1. The molecule has 1 amide bonds. The average molecular weight is 515 g/mol. The zero-order valence-corrected chi connectivity index (χ0v) is 24.2. The molecule has 3 aliphatic heterocycles. The highest BCUT2D eigenvalue weighted by Gasteiger charge is 2.26. The molecule has 1 N–H and O–H groups in total. The predicted octanol–water partition coefficient (Wildman–Crippen LogP) is 6.33. The summed E-state index contributed by atoms with van der Waals surface area (Å²) < 4.78 is 0. The van der Waals surface area contributed by atoms with Gasteiger partial charge in [0.15, 0.2) is 0 Å². The van der Waals surface area contributed by atoms with E-state index in [0.717, 1.165) is 68.0 Å². The van der Waals surface area contributed by atoms with E-state index in [1.165, 1.54) is 11.1 Å². The van der Waals surface area contributed by atoms with E-state index in [9.17, 15) is 4.79 Å². The number of nitrogens with one attached hydrogen (secondary N) is 1. The lowest BCUT2D eigenvalue weighted by Crippen LogP contribution is -2.49. The quantitative estimate of drug-likeness (QED) is 0.345. The van der Waals surface area contributed by atoms with Crippen LogP contribution in [0.25, 0.3) is 0 Å². The Morgan fingerprint density at radius 2 is 1.89 bits per heavy atom. The molecule has 4 rings (SSSR count). The third-order valence-electron chi connectivity index (χ3n) is 8.50. The Hall–Kier alpha value is -2.92. The zero-order valence-electron chi connectivity index (χ0n) is 24.2. The summed E-state index contributed by atoms with van der Waals surface area (Å²) in [5.74, 6) is 1.11. The minimum absolute atomic E-state index is 0.00719. The summed E-state index contributed by atoms with van der Waals surface area (Å²) in [5, 5.41) is 3.50. The van der Waals surface area contributed by atoms with Gasteiger partial charge in [-0.3, -0.25) is 14.7 Å². The van der Waals surface area contributed by atoms with E-state index in [1.54, 1.807) is 0 Å². The van der Waals surface area contributed by atoms with Crippen molar-refractivity contribution < 1.29 is 4.79 Å². The van der Waals surface area contributed by atoms with E-state index in [0.29, 0.717) is 17.9 Å². The van der Waals surface area contributed by atoms with Crippen LogP contribution in [0.4, 0.5) is 0 Å². The highest BCUT2D eigenvalue weighted by atomic mass is 16.2. The molecule has 0 radical (unpaired) electrons. The fraction of sp³-hybridized carbons (Fsp3) is 0.515. The largest absolute Gasteiger partial charge is 0.368 e. The zero-order chi connectivity index (χ0) is 27.2. The van der Waals surface area contributed by atoms with Gasteiger partial charge in [-0.2, -0.15) is 0 Å². The molecule has 4 aliphatic rings. The van der Waals surface area contributed by atoms with Crippen molar-refractivity contribution in [1.29, 1.82) is 0 Å². The highest BCUT2D eigenvalue weighted by molar-refractivity contribution is 6.12. The van der Waals surface area contributed by atoms with Crippen molar-refractivity contribution >= 4 is 11.6 Å². The third-order valence-corrected chi connectivity index (χ3v) is 8.50. The maximum atomic E-state index is 13.7. The van der Waals surface area contributed by atoms with Crippen LogP contribution in [0.2, 0.25) is 0 Å². The number of aliphatic imine (C=N–C) groups is 1. The summed E-state index contributed by atoms with van der Waals surface area (Å²) >= 11 is 0. The number of carbonyl (C=O) groups is 1. The molecule has 38 heavy (non-hydrogen) atoms. The molecule has 0 bridgehead atoms. The van der Waals surface area contributed by atoms with Crippen LogP contribution in [0.15, 0.2) is 87.9 Å². The second-order valence-electron chi connectivity index (χ2n) is 11.2. The Labute approximate surface area is 230 Å². The lowest BCUT2D eigenvalue weighted by molar-refractivity contribution is -0.122. The van der Waals surface area contributed by atoms with Crippen LogP contribution in [0.5, 0.6) is 0 Å². The monoisotopic (exact) mass is 514 g/mol. The fourth-order valence-corrected chi connectivity index (χ4v) is 5.90. The summed E-state index contributed by atoms with van der Waals surface area (Å²) in [6, 6.07) is 0.433. The molecular formula is C33H46N4O. The van der Waals surface area contributed by atoms with Gasteiger partial charge in [-0.15, -0.1) is 0 Å². The van der Waals surface area contributed by atoms with Gasteiger partial charge in [0, 0.05) is 50.7 Å². The van der Waals surface area contributed by atoms with Crippen molar-refractivity contribution in [2.75, 3.05) is 26.7 Å². The summed E-state index contributed by atoms with van der Waals surface area (Å²) in [6.07, 6.45) is 23.7. The topological polar surface area (TPSA) is 47.9 Å². The second kappa shape index (κ2) is 12.8. The Morgan fingerprint density at radius 1 is 1.11 bits per heavy atom. The average Bonchev–Trinajstić information content (AvgIpc) is 2.91. The van der Waals surface area contributed by atoms with E-state index in [4.69, 9.17) is 4.99 Å². The molecule has 3 heterocycles. The maximum absolute atomic E-state index is 13.7. The van der Waals surface area contributed by atoms with Crippen LogP contribution in [0, 0.1) is 17.8 Å². The lowest BCUT2D eigenvalue weighted by atomic mass is 9.83. The molecule has 0 spiro atoms. The molecular weight excluding hydrogens is 468 g/mol. The Balaban J connectivity index is 1.64. The summed E-state index contributed by atoms with van der Waals surface area (Å²) in [5.41, 5.74) is 6.77. The molecule has 4 unspecified atom stereocenters. The smallest absolute Gasteiger partial charge is 0.255 e. The molecule has 4 atom stereocenters. The highest BCUT2D eigenvalue weighted by Crippen LogP contribution is 2.31. The first-order valence-electron chi connectivity index (χ1n) is 14.5.